The quantitative estimate of drug-likeness (QED) is 0.770. The third-order valence-electron chi connectivity index (χ3n) is 2.31. The molecule has 0 aliphatic heterocycles. The number of nitrogens with zero attached hydrogens (tertiary/aromatic N) is 4. The number of carboxylic acid groups (broad SMARTS) is 1. The van der Waals surface area contributed by atoms with Crippen LogP contribution in [0.15, 0.2) is 24.5 Å². The minimum Gasteiger partial charge on any atom is -0.477 e. The second kappa shape index (κ2) is 4.48. The van der Waals surface area contributed by atoms with Gasteiger partial charge in [0.05, 0.1) is 6.20 Å². The molecule has 7 nitrogen and oxygen atoms in total. The molecule has 0 unspecified atom stereocenters. The highest BCUT2D eigenvalue weighted by Crippen LogP contribution is 2.24. The van der Waals surface area contributed by atoms with Crippen LogP contribution in [0.2, 0.25) is 5.28 Å². The monoisotopic (exact) mass is 295 g/mol. The van der Waals surface area contributed by atoms with Gasteiger partial charge in [0, 0.05) is 6.20 Å². The lowest BCUT2D eigenvalue weighted by Gasteiger charge is -2.04. The lowest BCUT2D eigenvalue weighted by molar-refractivity contribution is 0.0702. The fourth-order valence-corrected chi connectivity index (χ4v) is 2.35. The van der Waals surface area contributed by atoms with E-state index in [1.807, 2.05) is 6.07 Å². The predicted molar refractivity (Wildman–Crippen MR) is 70.4 cm³/mol. The highest BCUT2D eigenvalue weighted by atomic mass is 35.5. The number of carboxylic acids is 1. The number of hydrogen-bond donors (Lipinski definition) is 2. The summed E-state index contributed by atoms with van der Waals surface area (Å²) in [6.45, 7) is 0. The van der Waals surface area contributed by atoms with Gasteiger partial charge < -0.3 is 10.4 Å². The molecule has 0 saturated carbocycles. The number of carbonyl (C=O) groups is 1. The maximum atomic E-state index is 10.8. The summed E-state index contributed by atoms with van der Waals surface area (Å²) in [7, 11) is 0. The third-order valence-corrected chi connectivity index (χ3v) is 3.37. The van der Waals surface area contributed by atoms with Gasteiger partial charge in [-0.2, -0.15) is 4.98 Å². The van der Waals surface area contributed by atoms with Crippen LogP contribution in [0.3, 0.4) is 0 Å². The summed E-state index contributed by atoms with van der Waals surface area (Å²) in [5.74, 6) is -0.546. The molecule has 0 aliphatic rings. The van der Waals surface area contributed by atoms with Crippen LogP contribution in [0.5, 0.6) is 0 Å². The summed E-state index contributed by atoms with van der Waals surface area (Å²) in [4.78, 5) is 19.0. The van der Waals surface area contributed by atoms with E-state index in [0.717, 1.165) is 16.9 Å². The SMILES string of the molecule is O=C(O)c1cnc(Nc2nc(Cl)nn3cccc23)s1. The van der Waals surface area contributed by atoms with Crippen LogP contribution in [-0.4, -0.2) is 30.7 Å². The number of rotatable bonds is 3. The van der Waals surface area contributed by atoms with Crippen LogP contribution in [0, 0.1) is 0 Å². The summed E-state index contributed by atoms with van der Waals surface area (Å²) in [6, 6.07) is 3.61. The molecular formula is C10H6ClN5O2S. The number of hydrogen-bond acceptors (Lipinski definition) is 6. The van der Waals surface area contributed by atoms with Gasteiger partial charge in [-0.3, -0.25) is 0 Å². The van der Waals surface area contributed by atoms with E-state index >= 15 is 0 Å². The Morgan fingerprint density at radius 2 is 2.37 bits per heavy atom. The Labute approximate surface area is 115 Å². The predicted octanol–water partition coefficient (Wildman–Crippen LogP) is 2.28. The second-order valence-corrected chi connectivity index (χ2v) is 4.90. The van der Waals surface area contributed by atoms with Crippen LogP contribution in [-0.2, 0) is 0 Å². The van der Waals surface area contributed by atoms with E-state index in [2.05, 4.69) is 20.4 Å². The minimum atomic E-state index is -1.01. The largest absolute Gasteiger partial charge is 0.477 e. The molecule has 0 aliphatic carbocycles. The molecule has 96 valence electrons. The number of anilines is 2. The van der Waals surface area contributed by atoms with Crippen LogP contribution in [0.25, 0.3) is 5.52 Å². The van der Waals surface area contributed by atoms with E-state index in [-0.39, 0.29) is 10.2 Å². The van der Waals surface area contributed by atoms with Gasteiger partial charge in [0.1, 0.15) is 10.4 Å². The average Bonchev–Trinajstić information content (AvgIpc) is 2.96. The van der Waals surface area contributed by atoms with Crippen molar-refractivity contribution >= 4 is 45.4 Å². The number of halogens is 1. The van der Waals surface area contributed by atoms with Gasteiger partial charge in [0.15, 0.2) is 10.9 Å². The first-order valence-corrected chi connectivity index (χ1v) is 6.30. The molecule has 0 spiro atoms. The lowest BCUT2D eigenvalue weighted by Crippen LogP contribution is -2.00. The highest BCUT2D eigenvalue weighted by Gasteiger charge is 2.11. The number of aromatic carboxylic acids is 1. The van der Waals surface area contributed by atoms with Crippen molar-refractivity contribution in [2.45, 2.75) is 0 Å². The Bertz CT molecular complexity index is 768. The van der Waals surface area contributed by atoms with Crippen molar-refractivity contribution in [2.75, 3.05) is 5.32 Å². The zero-order valence-corrected chi connectivity index (χ0v) is 10.8. The number of nitrogens with one attached hydrogen (secondary N) is 1. The Balaban J connectivity index is 2.00. The molecule has 3 heterocycles. The van der Waals surface area contributed by atoms with E-state index in [9.17, 15) is 4.79 Å². The van der Waals surface area contributed by atoms with E-state index in [1.165, 1.54) is 6.20 Å². The molecule has 0 radical (unpaired) electrons. The van der Waals surface area contributed by atoms with Crippen LogP contribution < -0.4 is 5.32 Å². The van der Waals surface area contributed by atoms with Crippen LogP contribution in [0.4, 0.5) is 10.9 Å². The van der Waals surface area contributed by atoms with Crippen molar-refractivity contribution in [2.24, 2.45) is 0 Å². The Kier molecular flexibility index (Phi) is 2.80. The summed E-state index contributed by atoms with van der Waals surface area (Å²) < 4.78 is 1.57. The zero-order chi connectivity index (χ0) is 13.4. The van der Waals surface area contributed by atoms with E-state index in [0.29, 0.717) is 10.9 Å². The summed E-state index contributed by atoms with van der Waals surface area (Å²) in [5.41, 5.74) is 0.719. The van der Waals surface area contributed by atoms with Crippen molar-refractivity contribution in [3.63, 3.8) is 0 Å². The molecule has 0 aromatic carbocycles. The molecule has 3 aromatic rings. The van der Waals surface area contributed by atoms with Gasteiger partial charge in [-0.15, -0.1) is 5.10 Å². The van der Waals surface area contributed by atoms with Crippen molar-refractivity contribution in [1.82, 2.24) is 19.6 Å². The molecular weight excluding hydrogens is 290 g/mol. The molecule has 0 fully saturated rings. The summed E-state index contributed by atoms with van der Waals surface area (Å²) >= 11 is 6.83. The van der Waals surface area contributed by atoms with Gasteiger partial charge >= 0.3 is 5.97 Å². The van der Waals surface area contributed by atoms with Gasteiger partial charge in [-0.25, -0.2) is 14.3 Å². The van der Waals surface area contributed by atoms with Crippen molar-refractivity contribution in [3.8, 4) is 0 Å². The van der Waals surface area contributed by atoms with Crippen molar-refractivity contribution in [1.29, 1.82) is 0 Å². The van der Waals surface area contributed by atoms with Gasteiger partial charge in [-0.05, 0) is 23.7 Å². The lowest BCUT2D eigenvalue weighted by atomic mass is 10.5. The Morgan fingerprint density at radius 3 is 3.11 bits per heavy atom. The molecule has 0 amide bonds. The maximum absolute atomic E-state index is 10.8. The zero-order valence-electron chi connectivity index (χ0n) is 9.24. The number of aromatic nitrogens is 4. The fraction of sp³-hybridized carbons (Fsp3) is 0. The summed E-state index contributed by atoms with van der Waals surface area (Å²) in [6.07, 6.45) is 3.02. The van der Waals surface area contributed by atoms with Crippen LogP contribution in [0.1, 0.15) is 9.67 Å². The van der Waals surface area contributed by atoms with Crippen LogP contribution >= 0.6 is 22.9 Å². The molecule has 19 heavy (non-hydrogen) atoms. The van der Waals surface area contributed by atoms with Gasteiger partial charge in [0.25, 0.3) is 0 Å². The highest BCUT2D eigenvalue weighted by molar-refractivity contribution is 7.17. The molecule has 0 saturated heterocycles. The number of fused-ring (bicyclic) bond motifs is 1. The van der Waals surface area contributed by atoms with E-state index in [1.54, 1.807) is 16.8 Å². The molecule has 0 atom stereocenters. The first-order chi connectivity index (χ1) is 9.13. The standard InChI is InChI=1S/C10H6ClN5O2S/c11-9-13-7(5-2-1-3-16(5)15-9)14-10-12-4-6(19-10)8(17)18/h1-4H,(H,17,18)(H,12,13,14,15). The summed E-state index contributed by atoms with van der Waals surface area (Å²) in [5, 5.41) is 16.3. The normalized spacial score (nSPS) is 10.8. The maximum Gasteiger partial charge on any atom is 0.347 e. The topological polar surface area (TPSA) is 92.4 Å². The van der Waals surface area contributed by atoms with E-state index in [4.69, 9.17) is 16.7 Å². The second-order valence-electron chi connectivity index (χ2n) is 3.53. The smallest absolute Gasteiger partial charge is 0.347 e. The average molecular weight is 296 g/mol. The number of thiazole rings is 1. The molecule has 2 N–H and O–H groups in total. The Hall–Kier alpha value is -2.19. The first-order valence-electron chi connectivity index (χ1n) is 5.10. The van der Waals surface area contributed by atoms with Crippen molar-refractivity contribution in [3.05, 3.63) is 34.7 Å². The van der Waals surface area contributed by atoms with E-state index < -0.39 is 5.97 Å². The Morgan fingerprint density at radius 1 is 1.53 bits per heavy atom. The van der Waals surface area contributed by atoms with Gasteiger partial charge in [-0.1, -0.05) is 11.3 Å². The van der Waals surface area contributed by atoms with Crippen molar-refractivity contribution < 1.29 is 9.90 Å². The van der Waals surface area contributed by atoms with Gasteiger partial charge in [0.2, 0.25) is 5.28 Å². The molecule has 0 bridgehead atoms. The fourth-order valence-electron chi connectivity index (χ4n) is 1.53. The molecule has 9 heteroatoms. The molecule has 3 aromatic heterocycles. The molecule has 3 rings (SSSR count). The third kappa shape index (κ3) is 2.23. The minimum absolute atomic E-state index is 0.0845. The first kappa shape index (κ1) is 11.9.